The zero-order valence-corrected chi connectivity index (χ0v) is 15.9. The first-order valence-electron chi connectivity index (χ1n) is 8.41. The number of thioether (sulfide) groups is 1. The number of benzene rings is 2. The van der Waals surface area contributed by atoms with Crippen molar-refractivity contribution in [3.63, 3.8) is 0 Å². The second kappa shape index (κ2) is 10.3. The normalized spacial score (nSPS) is 12.0. The maximum Gasteiger partial charge on any atom is 0.160 e. The van der Waals surface area contributed by atoms with E-state index in [1.54, 1.807) is 26.0 Å². The third-order valence-electron chi connectivity index (χ3n) is 3.88. The second-order valence-electron chi connectivity index (χ2n) is 5.92. The van der Waals surface area contributed by atoms with Crippen LogP contribution >= 0.6 is 11.8 Å². The maximum atomic E-state index is 10.1. The number of hydrogen-bond acceptors (Lipinski definition) is 5. The Bertz CT molecular complexity index is 646. The van der Waals surface area contributed by atoms with Gasteiger partial charge in [-0.1, -0.05) is 23.8 Å². The van der Waals surface area contributed by atoms with E-state index in [1.807, 2.05) is 18.2 Å². The molecule has 0 heterocycles. The van der Waals surface area contributed by atoms with E-state index in [1.165, 1.54) is 16.0 Å². The minimum absolute atomic E-state index is 0.364. The monoisotopic (exact) mass is 361 g/mol. The number of aliphatic hydroxyl groups excluding tert-OH is 1. The fourth-order valence-corrected chi connectivity index (χ4v) is 3.25. The van der Waals surface area contributed by atoms with Crippen molar-refractivity contribution in [3.05, 3.63) is 53.6 Å². The second-order valence-corrected chi connectivity index (χ2v) is 7.01. The number of nitrogens with one attached hydrogen (secondary N) is 1. The molecule has 2 N–H and O–H groups in total. The van der Waals surface area contributed by atoms with Gasteiger partial charge in [-0.15, -0.1) is 11.8 Å². The van der Waals surface area contributed by atoms with Crippen molar-refractivity contribution in [1.29, 1.82) is 0 Å². The maximum absolute atomic E-state index is 10.1. The Hall–Kier alpha value is -1.69. The van der Waals surface area contributed by atoms with E-state index in [-0.39, 0.29) is 6.10 Å². The zero-order valence-electron chi connectivity index (χ0n) is 15.1. The van der Waals surface area contributed by atoms with Gasteiger partial charge in [-0.25, -0.2) is 0 Å². The number of aryl methyl sites for hydroxylation is 1. The van der Waals surface area contributed by atoms with E-state index in [0.717, 1.165) is 24.5 Å². The molecule has 0 aliphatic heterocycles. The summed E-state index contributed by atoms with van der Waals surface area (Å²) in [5.41, 5.74) is 2.43. The lowest BCUT2D eigenvalue weighted by Gasteiger charge is -2.13. The Morgan fingerprint density at radius 3 is 2.44 bits per heavy atom. The van der Waals surface area contributed by atoms with Crippen LogP contribution in [0.25, 0.3) is 0 Å². The minimum Gasteiger partial charge on any atom is -0.493 e. The molecule has 5 heteroatoms. The quantitative estimate of drug-likeness (QED) is 0.502. The summed E-state index contributed by atoms with van der Waals surface area (Å²) in [6.45, 7) is 3.47. The van der Waals surface area contributed by atoms with Crippen LogP contribution in [0.1, 0.15) is 11.1 Å². The Kier molecular flexibility index (Phi) is 8.12. The topological polar surface area (TPSA) is 50.7 Å². The Labute approximate surface area is 154 Å². The van der Waals surface area contributed by atoms with Gasteiger partial charge in [-0.05, 0) is 49.7 Å². The molecule has 0 saturated heterocycles. The van der Waals surface area contributed by atoms with E-state index in [4.69, 9.17) is 9.47 Å². The molecule has 0 aliphatic carbocycles. The lowest BCUT2D eigenvalue weighted by molar-refractivity contribution is 0.196. The summed E-state index contributed by atoms with van der Waals surface area (Å²) in [5.74, 6) is 2.17. The van der Waals surface area contributed by atoms with Crippen LogP contribution in [0.2, 0.25) is 0 Å². The highest BCUT2D eigenvalue weighted by molar-refractivity contribution is 7.99. The highest BCUT2D eigenvalue weighted by atomic mass is 32.2. The third kappa shape index (κ3) is 6.61. The molecule has 136 valence electrons. The van der Waals surface area contributed by atoms with Crippen molar-refractivity contribution >= 4 is 11.8 Å². The van der Waals surface area contributed by atoms with Crippen molar-refractivity contribution in [2.75, 3.05) is 33.1 Å². The highest BCUT2D eigenvalue weighted by Crippen LogP contribution is 2.27. The van der Waals surface area contributed by atoms with Gasteiger partial charge in [-0.3, -0.25) is 0 Å². The number of ether oxygens (including phenoxy) is 2. The Balaban J connectivity index is 1.67. The molecule has 0 amide bonds. The van der Waals surface area contributed by atoms with Gasteiger partial charge in [0.05, 0.1) is 20.3 Å². The van der Waals surface area contributed by atoms with E-state index in [0.29, 0.717) is 12.3 Å². The van der Waals surface area contributed by atoms with Crippen LogP contribution in [-0.4, -0.2) is 44.3 Å². The Morgan fingerprint density at radius 2 is 1.76 bits per heavy atom. The average molecular weight is 362 g/mol. The Morgan fingerprint density at radius 1 is 1.04 bits per heavy atom. The zero-order chi connectivity index (χ0) is 18.1. The number of methoxy groups -OCH3 is 2. The summed E-state index contributed by atoms with van der Waals surface area (Å²) in [6.07, 6.45) is 0.509. The van der Waals surface area contributed by atoms with Gasteiger partial charge in [-0.2, -0.15) is 0 Å². The summed E-state index contributed by atoms with van der Waals surface area (Å²) in [5, 5.41) is 13.4. The first-order chi connectivity index (χ1) is 12.1. The van der Waals surface area contributed by atoms with Gasteiger partial charge in [0.2, 0.25) is 0 Å². The molecule has 0 saturated carbocycles. The molecule has 2 aromatic rings. The molecular formula is C20H27NO3S. The lowest BCUT2D eigenvalue weighted by Crippen LogP contribution is -2.29. The predicted octanol–water partition coefficient (Wildman–Crippen LogP) is 3.30. The van der Waals surface area contributed by atoms with Crippen LogP contribution in [0.15, 0.2) is 47.4 Å². The number of rotatable bonds is 10. The van der Waals surface area contributed by atoms with Crippen LogP contribution in [0.5, 0.6) is 11.5 Å². The molecule has 0 spiro atoms. The van der Waals surface area contributed by atoms with Gasteiger partial charge in [0.1, 0.15) is 0 Å². The fourth-order valence-electron chi connectivity index (χ4n) is 2.42. The van der Waals surface area contributed by atoms with E-state index in [9.17, 15) is 5.11 Å². The van der Waals surface area contributed by atoms with E-state index < -0.39 is 0 Å². The van der Waals surface area contributed by atoms with Crippen LogP contribution in [0.3, 0.4) is 0 Å². The van der Waals surface area contributed by atoms with Crippen molar-refractivity contribution in [3.8, 4) is 11.5 Å². The average Bonchev–Trinajstić information content (AvgIpc) is 2.64. The number of hydrogen-bond donors (Lipinski definition) is 2. The van der Waals surface area contributed by atoms with Crippen molar-refractivity contribution in [2.45, 2.75) is 24.3 Å². The molecule has 1 unspecified atom stereocenters. The molecule has 2 aromatic carbocycles. The highest BCUT2D eigenvalue weighted by Gasteiger charge is 2.06. The van der Waals surface area contributed by atoms with E-state index >= 15 is 0 Å². The summed E-state index contributed by atoms with van der Waals surface area (Å²) >= 11 is 1.68. The summed E-state index contributed by atoms with van der Waals surface area (Å²) in [6, 6.07) is 14.3. The van der Waals surface area contributed by atoms with Crippen molar-refractivity contribution in [1.82, 2.24) is 5.32 Å². The minimum atomic E-state index is -0.364. The molecule has 0 radical (unpaired) electrons. The summed E-state index contributed by atoms with van der Waals surface area (Å²) in [7, 11) is 3.27. The van der Waals surface area contributed by atoms with Crippen LogP contribution in [0, 0.1) is 6.92 Å². The van der Waals surface area contributed by atoms with Crippen LogP contribution in [0.4, 0.5) is 0 Å². The van der Waals surface area contributed by atoms with Crippen molar-refractivity contribution in [2.24, 2.45) is 0 Å². The third-order valence-corrected chi connectivity index (χ3v) is 5.04. The first kappa shape index (κ1) is 19.6. The molecule has 2 rings (SSSR count). The van der Waals surface area contributed by atoms with E-state index in [2.05, 4.69) is 36.5 Å². The molecule has 0 aromatic heterocycles. The number of aliphatic hydroxyl groups is 1. The van der Waals surface area contributed by atoms with Crippen LogP contribution in [-0.2, 0) is 6.42 Å². The van der Waals surface area contributed by atoms with Gasteiger partial charge in [0.25, 0.3) is 0 Å². The molecule has 1 atom stereocenters. The smallest absolute Gasteiger partial charge is 0.160 e. The SMILES string of the molecule is COc1ccc(CCNCC(O)CSc2ccc(C)cc2)cc1OC. The van der Waals surface area contributed by atoms with Gasteiger partial charge in [0, 0.05) is 17.2 Å². The molecule has 25 heavy (non-hydrogen) atoms. The molecule has 0 fully saturated rings. The van der Waals surface area contributed by atoms with Crippen LogP contribution < -0.4 is 14.8 Å². The molecule has 0 aliphatic rings. The summed E-state index contributed by atoms with van der Waals surface area (Å²) < 4.78 is 10.6. The first-order valence-corrected chi connectivity index (χ1v) is 9.40. The summed E-state index contributed by atoms with van der Waals surface area (Å²) in [4.78, 5) is 1.19. The molecule has 0 bridgehead atoms. The lowest BCUT2D eigenvalue weighted by atomic mass is 10.1. The standard InChI is InChI=1S/C20H27NO3S/c1-15-4-7-18(8-5-15)25-14-17(22)13-21-11-10-16-6-9-19(23-2)20(12-16)24-3/h4-9,12,17,21-22H,10-11,13-14H2,1-3H3. The molecular weight excluding hydrogens is 334 g/mol. The van der Waals surface area contributed by atoms with Gasteiger partial charge < -0.3 is 19.9 Å². The van der Waals surface area contributed by atoms with Gasteiger partial charge in [0.15, 0.2) is 11.5 Å². The molecule has 4 nitrogen and oxygen atoms in total. The fraction of sp³-hybridized carbons (Fsp3) is 0.400. The van der Waals surface area contributed by atoms with Crippen molar-refractivity contribution < 1.29 is 14.6 Å². The van der Waals surface area contributed by atoms with Gasteiger partial charge >= 0.3 is 0 Å². The largest absolute Gasteiger partial charge is 0.493 e. The predicted molar refractivity (Wildman–Crippen MR) is 104 cm³/mol.